The Morgan fingerprint density at radius 2 is 1.88 bits per heavy atom. The van der Waals surface area contributed by atoms with Gasteiger partial charge in [0.1, 0.15) is 0 Å². The van der Waals surface area contributed by atoms with Gasteiger partial charge in [-0.05, 0) is 49.6 Å². The Labute approximate surface area is 103 Å². The number of rotatable bonds is 2. The molecule has 1 aliphatic rings. The summed E-state index contributed by atoms with van der Waals surface area (Å²) in [6.07, 6.45) is 0. The van der Waals surface area contributed by atoms with E-state index in [-0.39, 0.29) is 11.8 Å². The number of carbonyl (C=O) groups is 1. The number of nitrogens with one attached hydrogen (secondary N) is 2. The topological polar surface area (TPSA) is 41.1 Å². The third kappa shape index (κ3) is 2.86. The van der Waals surface area contributed by atoms with Crippen LogP contribution in [-0.2, 0) is 4.79 Å². The Hall–Kier alpha value is -1.35. The van der Waals surface area contributed by atoms with Crippen LogP contribution in [-0.4, -0.2) is 19.0 Å². The molecule has 0 unspecified atom stereocenters. The lowest BCUT2D eigenvalue weighted by molar-refractivity contribution is -0.120. The van der Waals surface area contributed by atoms with E-state index in [4.69, 9.17) is 0 Å². The van der Waals surface area contributed by atoms with Gasteiger partial charge in [0.2, 0.25) is 5.91 Å². The molecular weight excluding hydrogens is 212 g/mol. The van der Waals surface area contributed by atoms with Crippen LogP contribution in [0.25, 0.3) is 0 Å². The van der Waals surface area contributed by atoms with Crippen LogP contribution in [0.2, 0.25) is 0 Å². The fourth-order valence-electron chi connectivity index (χ4n) is 2.44. The summed E-state index contributed by atoms with van der Waals surface area (Å²) in [5.74, 6) is 0.643. The third-order valence-corrected chi connectivity index (χ3v) is 3.34. The maximum absolute atomic E-state index is 12.1. The molecule has 1 aromatic carbocycles. The molecule has 3 heteroatoms. The minimum atomic E-state index is 0.0934. The molecule has 2 N–H and O–H groups in total. The van der Waals surface area contributed by atoms with Crippen LogP contribution in [0.5, 0.6) is 0 Å². The maximum Gasteiger partial charge on any atom is 0.229 e. The number of hydrogen-bond acceptors (Lipinski definition) is 2. The maximum atomic E-state index is 12.1. The molecule has 0 aromatic heterocycles. The molecule has 0 bridgehead atoms. The van der Waals surface area contributed by atoms with Crippen LogP contribution in [0.1, 0.15) is 18.1 Å². The van der Waals surface area contributed by atoms with Crippen molar-refractivity contribution in [2.24, 2.45) is 11.8 Å². The number of aryl methyl sites for hydroxylation is 2. The van der Waals surface area contributed by atoms with E-state index in [2.05, 4.69) is 23.6 Å². The molecule has 1 heterocycles. The molecule has 1 amide bonds. The molecule has 1 saturated heterocycles. The Balaban J connectivity index is 2.07. The van der Waals surface area contributed by atoms with Crippen LogP contribution in [0, 0.1) is 25.7 Å². The first-order chi connectivity index (χ1) is 8.06. The lowest BCUT2D eigenvalue weighted by Crippen LogP contribution is -2.27. The molecule has 92 valence electrons. The van der Waals surface area contributed by atoms with Gasteiger partial charge in [-0.25, -0.2) is 0 Å². The SMILES string of the molecule is Cc1cc(C)cc(NC(=O)[C@@H]2CNC[C@H]2C)c1. The lowest BCUT2D eigenvalue weighted by atomic mass is 9.97. The highest BCUT2D eigenvalue weighted by molar-refractivity contribution is 5.93. The van der Waals surface area contributed by atoms with E-state index in [1.54, 1.807) is 0 Å². The number of carbonyl (C=O) groups excluding carboxylic acids is 1. The van der Waals surface area contributed by atoms with Gasteiger partial charge in [-0.3, -0.25) is 4.79 Å². The van der Waals surface area contributed by atoms with Gasteiger partial charge < -0.3 is 10.6 Å². The minimum Gasteiger partial charge on any atom is -0.326 e. The summed E-state index contributed by atoms with van der Waals surface area (Å²) in [5, 5.41) is 6.27. The highest BCUT2D eigenvalue weighted by atomic mass is 16.1. The zero-order valence-corrected chi connectivity index (χ0v) is 10.7. The predicted molar refractivity (Wildman–Crippen MR) is 70.1 cm³/mol. The van der Waals surface area contributed by atoms with Crippen molar-refractivity contribution in [3.05, 3.63) is 29.3 Å². The Morgan fingerprint density at radius 1 is 1.24 bits per heavy atom. The molecule has 2 atom stereocenters. The van der Waals surface area contributed by atoms with Crippen LogP contribution in [0.3, 0.4) is 0 Å². The molecule has 1 aliphatic heterocycles. The fourth-order valence-corrected chi connectivity index (χ4v) is 2.44. The van der Waals surface area contributed by atoms with E-state index in [1.165, 1.54) is 11.1 Å². The third-order valence-electron chi connectivity index (χ3n) is 3.34. The molecule has 0 saturated carbocycles. The summed E-state index contributed by atoms with van der Waals surface area (Å²) < 4.78 is 0. The lowest BCUT2D eigenvalue weighted by Gasteiger charge is -2.14. The molecule has 3 nitrogen and oxygen atoms in total. The first kappa shape index (κ1) is 12.1. The van der Waals surface area contributed by atoms with E-state index >= 15 is 0 Å². The second kappa shape index (κ2) is 4.88. The van der Waals surface area contributed by atoms with E-state index in [1.807, 2.05) is 26.0 Å². The number of amides is 1. The van der Waals surface area contributed by atoms with Crippen molar-refractivity contribution in [2.45, 2.75) is 20.8 Å². The van der Waals surface area contributed by atoms with E-state index in [0.29, 0.717) is 5.92 Å². The molecule has 0 aliphatic carbocycles. The summed E-state index contributed by atoms with van der Waals surface area (Å²) in [5.41, 5.74) is 3.27. The van der Waals surface area contributed by atoms with Crippen LogP contribution in [0.4, 0.5) is 5.69 Å². The van der Waals surface area contributed by atoms with Gasteiger partial charge in [-0.15, -0.1) is 0 Å². The van der Waals surface area contributed by atoms with Gasteiger partial charge in [0.15, 0.2) is 0 Å². The summed E-state index contributed by atoms with van der Waals surface area (Å²) in [6, 6.07) is 6.13. The molecule has 1 fully saturated rings. The molecule has 0 radical (unpaired) electrons. The van der Waals surface area contributed by atoms with E-state index in [0.717, 1.165) is 18.8 Å². The average Bonchev–Trinajstić information content (AvgIpc) is 2.62. The summed E-state index contributed by atoms with van der Waals surface area (Å²) in [7, 11) is 0. The van der Waals surface area contributed by atoms with Gasteiger partial charge in [-0.2, -0.15) is 0 Å². The highest BCUT2D eigenvalue weighted by Gasteiger charge is 2.29. The Kier molecular flexibility index (Phi) is 3.48. The van der Waals surface area contributed by atoms with Gasteiger partial charge >= 0.3 is 0 Å². The summed E-state index contributed by atoms with van der Waals surface area (Å²) in [6.45, 7) is 7.93. The first-order valence-corrected chi connectivity index (χ1v) is 6.16. The molecular formula is C14H20N2O. The van der Waals surface area contributed by atoms with Crippen molar-refractivity contribution in [1.29, 1.82) is 0 Å². The summed E-state index contributed by atoms with van der Waals surface area (Å²) >= 11 is 0. The first-order valence-electron chi connectivity index (χ1n) is 6.16. The normalized spacial score (nSPS) is 23.7. The monoisotopic (exact) mass is 232 g/mol. The average molecular weight is 232 g/mol. The molecule has 0 spiro atoms. The summed E-state index contributed by atoms with van der Waals surface area (Å²) in [4.78, 5) is 12.1. The van der Waals surface area contributed by atoms with E-state index in [9.17, 15) is 4.79 Å². The molecule has 17 heavy (non-hydrogen) atoms. The van der Waals surface area contributed by atoms with Crippen LogP contribution < -0.4 is 10.6 Å². The highest BCUT2D eigenvalue weighted by Crippen LogP contribution is 2.19. The van der Waals surface area contributed by atoms with Crippen molar-refractivity contribution >= 4 is 11.6 Å². The van der Waals surface area contributed by atoms with Crippen molar-refractivity contribution in [3.8, 4) is 0 Å². The largest absolute Gasteiger partial charge is 0.326 e. The van der Waals surface area contributed by atoms with Crippen molar-refractivity contribution in [1.82, 2.24) is 5.32 Å². The second-order valence-corrected chi connectivity index (χ2v) is 5.11. The fraction of sp³-hybridized carbons (Fsp3) is 0.500. The number of anilines is 1. The van der Waals surface area contributed by atoms with Crippen LogP contribution in [0.15, 0.2) is 18.2 Å². The van der Waals surface area contributed by atoms with Crippen LogP contribution >= 0.6 is 0 Å². The van der Waals surface area contributed by atoms with Crippen molar-refractivity contribution in [3.63, 3.8) is 0 Å². The van der Waals surface area contributed by atoms with Crippen molar-refractivity contribution in [2.75, 3.05) is 18.4 Å². The van der Waals surface area contributed by atoms with Crippen molar-refractivity contribution < 1.29 is 4.79 Å². The predicted octanol–water partition coefficient (Wildman–Crippen LogP) is 2.10. The van der Waals surface area contributed by atoms with Gasteiger partial charge in [-0.1, -0.05) is 13.0 Å². The zero-order chi connectivity index (χ0) is 12.4. The second-order valence-electron chi connectivity index (χ2n) is 5.11. The standard InChI is InChI=1S/C14H20N2O/c1-9-4-10(2)6-12(5-9)16-14(17)13-8-15-7-11(13)3/h4-6,11,13,15H,7-8H2,1-3H3,(H,16,17)/t11-,13-/m1/s1. The van der Waals surface area contributed by atoms with Gasteiger partial charge in [0.25, 0.3) is 0 Å². The Bertz CT molecular complexity index is 408. The number of benzene rings is 1. The van der Waals surface area contributed by atoms with E-state index < -0.39 is 0 Å². The number of hydrogen-bond donors (Lipinski definition) is 2. The smallest absolute Gasteiger partial charge is 0.229 e. The zero-order valence-electron chi connectivity index (χ0n) is 10.7. The quantitative estimate of drug-likeness (QED) is 0.820. The minimum absolute atomic E-state index is 0.0934. The van der Waals surface area contributed by atoms with Gasteiger partial charge in [0.05, 0.1) is 5.92 Å². The molecule has 1 aromatic rings. The Morgan fingerprint density at radius 3 is 2.41 bits per heavy atom. The van der Waals surface area contributed by atoms with Gasteiger partial charge in [0, 0.05) is 12.2 Å². The molecule has 2 rings (SSSR count).